The van der Waals surface area contributed by atoms with E-state index in [-0.39, 0.29) is 12.2 Å². The lowest BCUT2D eigenvalue weighted by Gasteiger charge is -2.36. The van der Waals surface area contributed by atoms with Crippen LogP contribution in [0.2, 0.25) is 0 Å². The lowest BCUT2D eigenvalue weighted by atomic mass is 9.95. The van der Waals surface area contributed by atoms with Crippen LogP contribution >= 0.6 is 0 Å². The van der Waals surface area contributed by atoms with Crippen LogP contribution in [0.25, 0.3) is 0 Å². The summed E-state index contributed by atoms with van der Waals surface area (Å²) >= 11 is 0. The van der Waals surface area contributed by atoms with E-state index in [1.807, 2.05) is 6.92 Å². The summed E-state index contributed by atoms with van der Waals surface area (Å²) in [7, 11) is 0. The molecule has 0 amide bonds. The largest absolute Gasteiger partial charge is 0.480 e. The number of morpholine rings is 1. The average molecular weight is 272 g/mol. The predicted molar refractivity (Wildman–Crippen MR) is 75.4 cm³/mol. The minimum Gasteiger partial charge on any atom is -0.480 e. The zero-order valence-corrected chi connectivity index (χ0v) is 12.6. The van der Waals surface area contributed by atoms with Gasteiger partial charge < -0.3 is 15.2 Å². The minimum atomic E-state index is -0.807. The van der Waals surface area contributed by atoms with E-state index in [0.717, 1.165) is 26.1 Å². The van der Waals surface area contributed by atoms with Gasteiger partial charge in [0, 0.05) is 13.1 Å². The summed E-state index contributed by atoms with van der Waals surface area (Å²) in [5.74, 6) is -0.766. The number of likely N-dealkylation sites (N-methyl/N-ethyl adjacent to an activating group) is 1. The molecule has 5 nitrogen and oxygen atoms in total. The maximum absolute atomic E-state index is 11.3. The first-order valence-electron chi connectivity index (χ1n) is 7.23. The van der Waals surface area contributed by atoms with Crippen LogP contribution in [0, 0.1) is 0 Å². The molecule has 1 heterocycles. The molecule has 19 heavy (non-hydrogen) atoms. The normalized spacial score (nSPS) is 28.0. The molecule has 0 radical (unpaired) electrons. The van der Waals surface area contributed by atoms with Crippen molar-refractivity contribution in [1.29, 1.82) is 0 Å². The molecule has 1 aliphatic heterocycles. The molecule has 0 aromatic heterocycles. The maximum Gasteiger partial charge on any atom is 0.323 e. The van der Waals surface area contributed by atoms with E-state index in [0.29, 0.717) is 13.0 Å². The Hall–Kier alpha value is -0.650. The van der Waals surface area contributed by atoms with Gasteiger partial charge in [-0.1, -0.05) is 6.92 Å². The number of hydrogen-bond acceptors (Lipinski definition) is 4. The van der Waals surface area contributed by atoms with Crippen molar-refractivity contribution in [1.82, 2.24) is 10.2 Å². The Morgan fingerprint density at radius 3 is 2.47 bits per heavy atom. The smallest absolute Gasteiger partial charge is 0.323 e. The van der Waals surface area contributed by atoms with E-state index in [9.17, 15) is 9.90 Å². The molecule has 0 spiro atoms. The Labute approximate surface area is 116 Å². The summed E-state index contributed by atoms with van der Waals surface area (Å²) in [6.45, 7) is 11.4. The van der Waals surface area contributed by atoms with Gasteiger partial charge in [0.15, 0.2) is 0 Å². The fourth-order valence-electron chi connectivity index (χ4n) is 2.78. The Kier molecular flexibility index (Phi) is 6.23. The van der Waals surface area contributed by atoms with Gasteiger partial charge in [0.1, 0.15) is 5.54 Å². The molecule has 3 atom stereocenters. The molecule has 2 N–H and O–H groups in total. The molecule has 0 aromatic rings. The molecule has 1 saturated heterocycles. The fourth-order valence-corrected chi connectivity index (χ4v) is 2.78. The van der Waals surface area contributed by atoms with Gasteiger partial charge in [-0.25, -0.2) is 0 Å². The van der Waals surface area contributed by atoms with Gasteiger partial charge in [0.25, 0.3) is 0 Å². The van der Waals surface area contributed by atoms with E-state index in [4.69, 9.17) is 4.74 Å². The number of carbonyl (C=O) groups is 1. The van der Waals surface area contributed by atoms with Crippen LogP contribution in [-0.4, -0.2) is 59.9 Å². The lowest BCUT2D eigenvalue weighted by molar-refractivity contribution is -0.144. The monoisotopic (exact) mass is 272 g/mol. The number of ether oxygens (including phenoxy) is 1. The summed E-state index contributed by atoms with van der Waals surface area (Å²) < 4.78 is 5.69. The molecular weight excluding hydrogens is 244 g/mol. The fraction of sp³-hybridized carbons (Fsp3) is 0.929. The van der Waals surface area contributed by atoms with E-state index in [2.05, 4.69) is 24.1 Å². The van der Waals surface area contributed by atoms with Crippen molar-refractivity contribution < 1.29 is 14.6 Å². The topological polar surface area (TPSA) is 61.8 Å². The van der Waals surface area contributed by atoms with E-state index < -0.39 is 11.5 Å². The molecule has 5 heteroatoms. The molecule has 1 fully saturated rings. The van der Waals surface area contributed by atoms with E-state index >= 15 is 0 Å². The molecule has 112 valence electrons. The van der Waals surface area contributed by atoms with Gasteiger partial charge in [-0.05, 0) is 46.7 Å². The predicted octanol–water partition coefficient (Wildman–Crippen LogP) is 1.33. The number of carboxylic acids is 1. The molecule has 0 aromatic carbocycles. The van der Waals surface area contributed by atoms with Gasteiger partial charge in [-0.3, -0.25) is 9.69 Å². The number of nitrogens with zero attached hydrogens (tertiary/aromatic N) is 1. The van der Waals surface area contributed by atoms with Crippen LogP contribution < -0.4 is 5.32 Å². The van der Waals surface area contributed by atoms with Crippen molar-refractivity contribution in [3.63, 3.8) is 0 Å². The number of carboxylic acid groups (broad SMARTS) is 1. The van der Waals surface area contributed by atoms with Crippen molar-refractivity contribution in [3.8, 4) is 0 Å². The maximum atomic E-state index is 11.3. The van der Waals surface area contributed by atoms with E-state index in [1.165, 1.54) is 0 Å². The van der Waals surface area contributed by atoms with Gasteiger partial charge >= 0.3 is 5.97 Å². The highest BCUT2D eigenvalue weighted by Crippen LogP contribution is 2.16. The first-order valence-corrected chi connectivity index (χ1v) is 7.23. The highest BCUT2D eigenvalue weighted by molar-refractivity contribution is 5.78. The van der Waals surface area contributed by atoms with Crippen LogP contribution in [0.15, 0.2) is 0 Å². The third kappa shape index (κ3) is 5.09. The Morgan fingerprint density at radius 2 is 2.00 bits per heavy atom. The molecule has 0 bridgehead atoms. The SMILES string of the molecule is CCNC(C)(CCCN1C[C@@H](C)O[C@@H](C)C1)C(=O)O. The molecule has 1 aliphatic rings. The second-order valence-electron chi connectivity index (χ2n) is 5.79. The molecule has 1 unspecified atom stereocenters. The summed E-state index contributed by atoms with van der Waals surface area (Å²) in [6.07, 6.45) is 2.07. The van der Waals surface area contributed by atoms with Crippen LogP contribution in [0.3, 0.4) is 0 Å². The van der Waals surface area contributed by atoms with Gasteiger partial charge in [-0.15, -0.1) is 0 Å². The second kappa shape index (κ2) is 7.22. The number of aliphatic carboxylic acids is 1. The van der Waals surface area contributed by atoms with Crippen molar-refractivity contribution >= 4 is 5.97 Å². The first-order chi connectivity index (χ1) is 8.87. The molecule has 0 saturated carbocycles. The number of hydrogen-bond donors (Lipinski definition) is 2. The average Bonchev–Trinajstić information content (AvgIpc) is 2.27. The number of nitrogens with one attached hydrogen (secondary N) is 1. The number of rotatable bonds is 7. The standard InChI is InChI=1S/C14H28N2O3/c1-5-15-14(4,13(17)18)7-6-8-16-9-11(2)19-12(3)10-16/h11-12,15H,5-10H2,1-4H3,(H,17,18)/t11-,12+,14?. The summed E-state index contributed by atoms with van der Waals surface area (Å²) in [4.78, 5) is 13.7. The van der Waals surface area contributed by atoms with Crippen LogP contribution in [0.4, 0.5) is 0 Å². The van der Waals surface area contributed by atoms with Crippen molar-refractivity contribution in [2.75, 3.05) is 26.2 Å². The second-order valence-corrected chi connectivity index (χ2v) is 5.79. The highest BCUT2D eigenvalue weighted by Gasteiger charge is 2.31. The quantitative estimate of drug-likeness (QED) is 0.732. The summed E-state index contributed by atoms with van der Waals surface area (Å²) in [6, 6.07) is 0. The molecular formula is C14H28N2O3. The zero-order valence-electron chi connectivity index (χ0n) is 12.6. The van der Waals surface area contributed by atoms with Crippen LogP contribution in [0.5, 0.6) is 0 Å². The van der Waals surface area contributed by atoms with E-state index in [1.54, 1.807) is 6.92 Å². The molecule has 1 rings (SSSR count). The third-order valence-corrected chi connectivity index (χ3v) is 3.69. The van der Waals surface area contributed by atoms with Gasteiger partial charge in [-0.2, -0.15) is 0 Å². The summed E-state index contributed by atoms with van der Waals surface area (Å²) in [5.41, 5.74) is -0.807. The third-order valence-electron chi connectivity index (χ3n) is 3.69. The molecule has 0 aliphatic carbocycles. The van der Waals surface area contributed by atoms with Crippen LogP contribution in [-0.2, 0) is 9.53 Å². The van der Waals surface area contributed by atoms with Gasteiger partial charge in [0.05, 0.1) is 12.2 Å². The van der Waals surface area contributed by atoms with Crippen molar-refractivity contribution in [3.05, 3.63) is 0 Å². The zero-order chi connectivity index (χ0) is 14.5. The lowest BCUT2D eigenvalue weighted by Crippen LogP contribution is -2.50. The summed E-state index contributed by atoms with van der Waals surface area (Å²) in [5, 5.41) is 12.4. The first kappa shape index (κ1) is 16.4. The van der Waals surface area contributed by atoms with Crippen molar-refractivity contribution in [2.45, 2.75) is 58.3 Å². The Bertz CT molecular complexity index is 288. The minimum absolute atomic E-state index is 0.267. The Balaban J connectivity index is 2.37. The van der Waals surface area contributed by atoms with Gasteiger partial charge in [0.2, 0.25) is 0 Å². The highest BCUT2D eigenvalue weighted by atomic mass is 16.5. The Morgan fingerprint density at radius 1 is 1.42 bits per heavy atom. The van der Waals surface area contributed by atoms with Crippen LogP contribution in [0.1, 0.15) is 40.5 Å². The van der Waals surface area contributed by atoms with Crippen molar-refractivity contribution in [2.24, 2.45) is 0 Å².